The summed E-state index contributed by atoms with van der Waals surface area (Å²) in [6.07, 6.45) is -4.24. The molecule has 0 saturated heterocycles. The smallest absolute Gasteiger partial charge is 0.422 e. The molecule has 2 aromatic heterocycles. The van der Waals surface area contributed by atoms with Crippen LogP contribution in [0.1, 0.15) is 27.7 Å². The van der Waals surface area contributed by atoms with Crippen LogP contribution in [-0.2, 0) is 14.6 Å². The number of fused-ring (bicyclic) bond motifs is 1. The molecular weight excluding hydrogens is 403 g/mol. The zero-order valence-electron chi connectivity index (χ0n) is 15.6. The van der Waals surface area contributed by atoms with E-state index in [0.29, 0.717) is 0 Å². The van der Waals surface area contributed by atoms with E-state index in [9.17, 15) is 26.4 Å². The molecule has 8 nitrogen and oxygen atoms in total. The van der Waals surface area contributed by atoms with E-state index in [1.165, 1.54) is 19.2 Å². The average molecular weight is 423 g/mol. The third-order valence-corrected chi connectivity index (χ3v) is 4.99. The Bertz CT molecular complexity index is 978. The maximum atomic E-state index is 12.5. The van der Waals surface area contributed by atoms with E-state index in [0.717, 1.165) is 10.5 Å². The second-order valence-corrected chi connectivity index (χ2v) is 8.98. The normalized spacial score (nSPS) is 12.8. The van der Waals surface area contributed by atoms with Gasteiger partial charge in [-0.05, 0) is 26.8 Å². The number of nitrogens with one attached hydrogen (secondary N) is 1. The van der Waals surface area contributed by atoms with Crippen molar-refractivity contribution in [1.29, 1.82) is 0 Å². The van der Waals surface area contributed by atoms with Gasteiger partial charge in [-0.2, -0.15) is 13.2 Å². The van der Waals surface area contributed by atoms with E-state index in [2.05, 4.69) is 15.0 Å². The monoisotopic (exact) mass is 423 g/mol. The van der Waals surface area contributed by atoms with Crippen LogP contribution in [-0.4, -0.2) is 48.0 Å². The summed E-state index contributed by atoms with van der Waals surface area (Å²) in [5.74, 6) is -0.723. The number of nitrogens with zero attached hydrogens (tertiary/aromatic N) is 2. The van der Waals surface area contributed by atoms with Crippen molar-refractivity contribution < 1.29 is 35.9 Å². The number of imidazole rings is 1. The molecule has 0 aliphatic carbocycles. The lowest BCUT2D eigenvalue weighted by atomic mass is 10.2. The highest BCUT2D eigenvalue weighted by molar-refractivity contribution is 7.91. The minimum absolute atomic E-state index is 0.0160. The first kappa shape index (κ1) is 21.8. The van der Waals surface area contributed by atoms with Gasteiger partial charge in [-0.3, -0.25) is 9.72 Å². The molecule has 0 aliphatic rings. The lowest BCUT2D eigenvalue weighted by Crippen LogP contribution is -2.28. The number of hydrogen-bond donors (Lipinski definition) is 1. The predicted octanol–water partition coefficient (Wildman–Crippen LogP) is 3.42. The largest absolute Gasteiger partial charge is 0.484 e. The molecule has 0 bridgehead atoms. The summed E-state index contributed by atoms with van der Waals surface area (Å²) in [5, 5.41) is 1.97. The lowest BCUT2D eigenvalue weighted by Gasteiger charge is -2.19. The van der Waals surface area contributed by atoms with Crippen LogP contribution < -0.4 is 10.1 Å². The third-order valence-electron chi connectivity index (χ3n) is 3.25. The molecule has 0 saturated carbocycles. The van der Waals surface area contributed by atoms with Gasteiger partial charge in [0.15, 0.2) is 27.3 Å². The first-order valence-corrected chi connectivity index (χ1v) is 9.81. The topological polar surface area (TPSA) is 99.0 Å². The number of hydrogen-bond acceptors (Lipinski definition) is 6. The van der Waals surface area contributed by atoms with Gasteiger partial charge in [-0.15, -0.1) is 0 Å². The molecule has 0 fully saturated rings. The van der Waals surface area contributed by atoms with Crippen molar-refractivity contribution in [2.24, 2.45) is 0 Å². The number of carbonyl (C=O) groups excluding carboxylic acids is 1. The molecule has 156 valence electrons. The Hall–Kier alpha value is -2.50. The molecule has 0 spiro atoms. The highest BCUT2D eigenvalue weighted by Gasteiger charge is 2.29. The average Bonchev–Trinajstić information content (AvgIpc) is 2.87. The SMILES string of the molecule is CCS(=O)(=O)c1c(NC(=O)OC(C)(C)C)nc2cc(OCC(F)(F)F)ccn12. The third kappa shape index (κ3) is 5.50. The summed E-state index contributed by atoms with van der Waals surface area (Å²) >= 11 is 0. The Morgan fingerprint density at radius 2 is 1.93 bits per heavy atom. The fourth-order valence-corrected chi connectivity index (χ4v) is 3.29. The number of ether oxygens (including phenoxy) is 2. The van der Waals surface area contributed by atoms with E-state index in [1.807, 2.05) is 0 Å². The summed E-state index contributed by atoms with van der Waals surface area (Å²) in [6.45, 7) is 4.79. The highest BCUT2D eigenvalue weighted by Crippen LogP contribution is 2.27. The number of carbonyl (C=O) groups is 1. The molecule has 2 heterocycles. The number of pyridine rings is 1. The molecular formula is C16H20F3N3O5S. The maximum Gasteiger partial charge on any atom is 0.422 e. The predicted molar refractivity (Wildman–Crippen MR) is 94.3 cm³/mol. The summed E-state index contributed by atoms with van der Waals surface area (Å²) in [4.78, 5) is 16.0. The number of alkyl halides is 3. The van der Waals surface area contributed by atoms with Crippen LogP contribution in [0.15, 0.2) is 23.4 Å². The van der Waals surface area contributed by atoms with Crippen LogP contribution in [0, 0.1) is 0 Å². The second-order valence-electron chi connectivity index (χ2n) is 6.79. The molecule has 0 aromatic carbocycles. The summed E-state index contributed by atoms with van der Waals surface area (Å²) in [5.41, 5.74) is -0.844. The highest BCUT2D eigenvalue weighted by atomic mass is 32.2. The molecule has 12 heteroatoms. The van der Waals surface area contributed by atoms with Gasteiger partial charge in [0, 0.05) is 12.3 Å². The van der Waals surface area contributed by atoms with E-state index in [4.69, 9.17) is 4.74 Å². The van der Waals surface area contributed by atoms with Gasteiger partial charge in [0.2, 0.25) is 0 Å². The van der Waals surface area contributed by atoms with Crippen LogP contribution in [0.25, 0.3) is 5.65 Å². The zero-order chi connectivity index (χ0) is 21.3. The van der Waals surface area contributed by atoms with Gasteiger partial charge in [-0.1, -0.05) is 6.92 Å². The molecule has 28 heavy (non-hydrogen) atoms. The van der Waals surface area contributed by atoms with Gasteiger partial charge in [0.05, 0.1) is 5.75 Å². The minimum Gasteiger partial charge on any atom is -0.484 e. The fraction of sp³-hybridized carbons (Fsp3) is 0.500. The first-order chi connectivity index (χ1) is 12.7. The molecule has 0 unspecified atom stereocenters. The van der Waals surface area contributed by atoms with Crippen LogP contribution in [0.2, 0.25) is 0 Å². The number of amides is 1. The van der Waals surface area contributed by atoms with Crippen LogP contribution in [0.4, 0.5) is 23.8 Å². The van der Waals surface area contributed by atoms with Crippen LogP contribution >= 0.6 is 0 Å². The van der Waals surface area contributed by atoms with Crippen LogP contribution in [0.3, 0.4) is 0 Å². The molecule has 0 atom stereocenters. The lowest BCUT2D eigenvalue weighted by molar-refractivity contribution is -0.153. The molecule has 2 rings (SSSR count). The van der Waals surface area contributed by atoms with Crippen molar-refractivity contribution in [3.8, 4) is 5.75 Å². The fourth-order valence-electron chi connectivity index (χ4n) is 2.17. The molecule has 2 aromatic rings. The van der Waals surface area contributed by atoms with E-state index in [-0.39, 0.29) is 28.0 Å². The minimum atomic E-state index is -4.53. The van der Waals surface area contributed by atoms with Crippen molar-refractivity contribution in [3.63, 3.8) is 0 Å². The summed E-state index contributed by atoms with van der Waals surface area (Å²) < 4.78 is 72.8. The molecule has 0 aliphatic heterocycles. The Labute approximate surface area is 159 Å². The van der Waals surface area contributed by atoms with Crippen molar-refractivity contribution in [2.75, 3.05) is 17.7 Å². The Morgan fingerprint density at radius 3 is 2.46 bits per heavy atom. The number of sulfone groups is 1. The number of rotatable bonds is 5. The summed E-state index contributed by atoms with van der Waals surface area (Å²) in [7, 11) is -3.84. The van der Waals surface area contributed by atoms with Crippen molar-refractivity contribution >= 4 is 27.4 Å². The second kappa shape index (κ2) is 7.49. The van der Waals surface area contributed by atoms with Gasteiger partial charge in [0.25, 0.3) is 0 Å². The van der Waals surface area contributed by atoms with E-state index < -0.39 is 34.3 Å². The van der Waals surface area contributed by atoms with Gasteiger partial charge in [0.1, 0.15) is 17.0 Å². The quantitative estimate of drug-likeness (QED) is 0.791. The molecule has 1 N–H and O–H groups in total. The van der Waals surface area contributed by atoms with Crippen LogP contribution in [0.5, 0.6) is 5.75 Å². The van der Waals surface area contributed by atoms with Gasteiger partial charge in [-0.25, -0.2) is 18.2 Å². The Morgan fingerprint density at radius 1 is 1.29 bits per heavy atom. The summed E-state index contributed by atoms with van der Waals surface area (Å²) in [6, 6.07) is 2.31. The standard InChI is InChI=1S/C16H20F3N3O5S/c1-5-28(24,25)13-12(21-14(23)27-15(2,3)4)20-11-8-10(6-7-22(11)13)26-9-16(17,18)19/h6-8H,5,9H2,1-4H3,(H,21,23). The first-order valence-electron chi connectivity index (χ1n) is 8.16. The van der Waals surface area contributed by atoms with E-state index in [1.54, 1.807) is 20.8 Å². The maximum absolute atomic E-state index is 12.5. The number of aromatic nitrogens is 2. The Balaban J connectivity index is 2.47. The van der Waals surface area contributed by atoms with Gasteiger partial charge >= 0.3 is 12.3 Å². The van der Waals surface area contributed by atoms with E-state index >= 15 is 0 Å². The molecule has 1 amide bonds. The van der Waals surface area contributed by atoms with Gasteiger partial charge < -0.3 is 9.47 Å². The Kier molecular flexibility index (Phi) is 5.83. The number of anilines is 1. The van der Waals surface area contributed by atoms with Crippen molar-refractivity contribution in [2.45, 2.75) is 44.5 Å². The molecule has 0 radical (unpaired) electrons. The number of halogens is 3. The van der Waals surface area contributed by atoms with Crippen molar-refractivity contribution in [1.82, 2.24) is 9.38 Å². The zero-order valence-corrected chi connectivity index (χ0v) is 16.4. The van der Waals surface area contributed by atoms with Crippen molar-refractivity contribution in [3.05, 3.63) is 18.3 Å².